The summed E-state index contributed by atoms with van der Waals surface area (Å²) in [5.74, 6) is 0. The van der Waals surface area contributed by atoms with Gasteiger partial charge in [-0.1, -0.05) is 105 Å². The lowest BCUT2D eigenvalue weighted by molar-refractivity contribution is 0.313. The van der Waals surface area contributed by atoms with E-state index < -0.39 is 5.54 Å². The first kappa shape index (κ1) is 15.5. The molecule has 0 aliphatic rings. The first-order valence-electron chi connectivity index (χ1n) is 8.02. The Morgan fingerprint density at radius 2 is 0.826 bits per heavy atom. The maximum Gasteiger partial charge on any atom is 0.0758 e. The summed E-state index contributed by atoms with van der Waals surface area (Å²) in [6, 6.07) is 31.3. The number of rotatable bonds is 4. The molecule has 0 unspecified atom stereocenters. The van der Waals surface area contributed by atoms with Crippen LogP contribution >= 0.6 is 0 Å². The van der Waals surface area contributed by atoms with Crippen molar-refractivity contribution in [2.45, 2.75) is 24.8 Å². The lowest BCUT2D eigenvalue weighted by Gasteiger charge is -2.45. The van der Waals surface area contributed by atoms with Crippen molar-refractivity contribution in [2.75, 3.05) is 0 Å². The minimum atomic E-state index is -0.614. The van der Waals surface area contributed by atoms with E-state index in [2.05, 4.69) is 86.6 Å². The van der Waals surface area contributed by atoms with Gasteiger partial charge in [-0.3, -0.25) is 0 Å². The summed E-state index contributed by atoms with van der Waals surface area (Å²) in [6.07, 6.45) is 0. The van der Waals surface area contributed by atoms with Crippen molar-refractivity contribution in [3.63, 3.8) is 0 Å². The van der Waals surface area contributed by atoms with E-state index in [1.54, 1.807) is 0 Å². The molecule has 0 saturated carbocycles. The van der Waals surface area contributed by atoms with E-state index in [9.17, 15) is 0 Å². The molecular weight excluding hydrogens is 278 g/mol. The summed E-state index contributed by atoms with van der Waals surface area (Å²) < 4.78 is 0. The number of hydrogen-bond donors (Lipinski definition) is 1. The van der Waals surface area contributed by atoms with Crippen molar-refractivity contribution < 1.29 is 0 Å². The molecule has 1 nitrogen and oxygen atoms in total. The summed E-state index contributed by atoms with van der Waals surface area (Å²) in [5, 5.41) is 0. The molecule has 0 aliphatic carbocycles. The molecule has 116 valence electrons. The molecule has 23 heavy (non-hydrogen) atoms. The molecule has 0 bridgehead atoms. The van der Waals surface area contributed by atoms with Crippen LogP contribution in [-0.4, -0.2) is 0 Å². The Hall–Kier alpha value is -2.38. The van der Waals surface area contributed by atoms with Gasteiger partial charge in [0.15, 0.2) is 0 Å². The standard InChI is InChI=1S/C22H23N/c1-21(2,18-12-6-3-7-13-18)22(23,19-14-8-4-9-15-19)20-16-10-5-11-17-20/h3-17H,23H2,1-2H3. The monoisotopic (exact) mass is 301 g/mol. The molecule has 1 heteroatoms. The van der Waals surface area contributed by atoms with Crippen LogP contribution in [-0.2, 0) is 11.0 Å². The zero-order chi connectivity index (χ0) is 16.3. The lowest BCUT2D eigenvalue weighted by Crippen LogP contribution is -2.53. The van der Waals surface area contributed by atoms with Gasteiger partial charge in [-0.2, -0.15) is 0 Å². The molecule has 0 atom stereocenters. The van der Waals surface area contributed by atoms with Gasteiger partial charge in [0.2, 0.25) is 0 Å². The van der Waals surface area contributed by atoms with E-state index in [4.69, 9.17) is 5.73 Å². The van der Waals surface area contributed by atoms with Crippen molar-refractivity contribution in [3.05, 3.63) is 108 Å². The Morgan fingerprint density at radius 3 is 1.17 bits per heavy atom. The minimum Gasteiger partial charge on any atom is -0.317 e. The van der Waals surface area contributed by atoms with Crippen LogP contribution in [0.1, 0.15) is 30.5 Å². The van der Waals surface area contributed by atoms with Crippen molar-refractivity contribution in [2.24, 2.45) is 5.73 Å². The highest BCUT2D eigenvalue weighted by Crippen LogP contribution is 2.44. The Balaban J connectivity index is 2.25. The van der Waals surface area contributed by atoms with E-state index in [0.29, 0.717) is 0 Å². The molecule has 0 radical (unpaired) electrons. The third kappa shape index (κ3) is 2.58. The molecule has 3 aromatic carbocycles. The van der Waals surface area contributed by atoms with Crippen LogP contribution in [0, 0.1) is 0 Å². The van der Waals surface area contributed by atoms with Gasteiger partial charge in [0.1, 0.15) is 0 Å². The topological polar surface area (TPSA) is 26.0 Å². The van der Waals surface area contributed by atoms with Gasteiger partial charge in [-0.15, -0.1) is 0 Å². The molecule has 0 aliphatic heterocycles. The second-order valence-corrected chi connectivity index (χ2v) is 6.53. The summed E-state index contributed by atoms with van der Waals surface area (Å²) in [7, 11) is 0. The fourth-order valence-electron chi connectivity index (χ4n) is 3.37. The molecule has 0 aromatic heterocycles. The Morgan fingerprint density at radius 1 is 0.522 bits per heavy atom. The van der Waals surface area contributed by atoms with Gasteiger partial charge in [0, 0.05) is 5.41 Å². The van der Waals surface area contributed by atoms with Crippen LogP contribution in [0.5, 0.6) is 0 Å². The van der Waals surface area contributed by atoms with Crippen molar-refractivity contribution in [3.8, 4) is 0 Å². The predicted molar refractivity (Wildman–Crippen MR) is 97.3 cm³/mol. The van der Waals surface area contributed by atoms with Crippen LogP contribution in [0.4, 0.5) is 0 Å². The second kappa shape index (κ2) is 6.02. The average Bonchev–Trinajstić information content (AvgIpc) is 2.63. The summed E-state index contributed by atoms with van der Waals surface area (Å²) in [5.41, 5.74) is 9.75. The van der Waals surface area contributed by atoms with Crippen LogP contribution in [0.25, 0.3) is 0 Å². The van der Waals surface area contributed by atoms with Gasteiger partial charge in [0.25, 0.3) is 0 Å². The van der Waals surface area contributed by atoms with Crippen molar-refractivity contribution in [1.29, 1.82) is 0 Å². The molecular formula is C22H23N. The lowest BCUT2D eigenvalue weighted by atomic mass is 9.62. The highest BCUT2D eigenvalue weighted by Gasteiger charge is 2.45. The molecule has 3 aromatic rings. The van der Waals surface area contributed by atoms with Crippen LogP contribution in [0.2, 0.25) is 0 Å². The molecule has 0 heterocycles. The third-order valence-electron chi connectivity index (χ3n) is 4.94. The normalized spacial score (nSPS) is 12.1. The molecule has 0 fully saturated rings. The molecule has 0 spiro atoms. The van der Waals surface area contributed by atoms with Gasteiger partial charge < -0.3 is 5.73 Å². The minimum absolute atomic E-state index is 0.267. The van der Waals surface area contributed by atoms with Gasteiger partial charge in [-0.25, -0.2) is 0 Å². The molecule has 0 amide bonds. The highest BCUT2D eigenvalue weighted by molar-refractivity contribution is 5.46. The third-order valence-corrected chi connectivity index (χ3v) is 4.94. The van der Waals surface area contributed by atoms with Gasteiger partial charge in [-0.05, 0) is 16.7 Å². The van der Waals surface area contributed by atoms with E-state index in [-0.39, 0.29) is 5.41 Å². The Labute approximate surface area is 138 Å². The number of benzene rings is 3. The maximum atomic E-state index is 7.15. The largest absolute Gasteiger partial charge is 0.317 e. The van der Waals surface area contributed by atoms with E-state index in [1.165, 1.54) is 5.56 Å². The quantitative estimate of drug-likeness (QED) is 0.731. The summed E-state index contributed by atoms with van der Waals surface area (Å²) in [4.78, 5) is 0. The first-order chi connectivity index (χ1) is 11.1. The smallest absolute Gasteiger partial charge is 0.0758 e. The molecule has 3 rings (SSSR count). The zero-order valence-corrected chi connectivity index (χ0v) is 13.7. The molecule has 0 saturated heterocycles. The van der Waals surface area contributed by atoms with Crippen molar-refractivity contribution in [1.82, 2.24) is 0 Å². The van der Waals surface area contributed by atoms with Crippen LogP contribution < -0.4 is 5.73 Å². The van der Waals surface area contributed by atoms with Gasteiger partial charge >= 0.3 is 0 Å². The second-order valence-electron chi connectivity index (χ2n) is 6.53. The van der Waals surface area contributed by atoms with Crippen LogP contribution in [0.15, 0.2) is 91.0 Å². The van der Waals surface area contributed by atoms with E-state index >= 15 is 0 Å². The summed E-state index contributed by atoms with van der Waals surface area (Å²) >= 11 is 0. The van der Waals surface area contributed by atoms with Crippen LogP contribution in [0.3, 0.4) is 0 Å². The highest BCUT2D eigenvalue weighted by atomic mass is 14.8. The summed E-state index contributed by atoms with van der Waals surface area (Å²) in [6.45, 7) is 4.45. The predicted octanol–water partition coefficient (Wildman–Crippen LogP) is 4.87. The van der Waals surface area contributed by atoms with Gasteiger partial charge in [0.05, 0.1) is 5.54 Å². The van der Waals surface area contributed by atoms with Crippen molar-refractivity contribution >= 4 is 0 Å². The fourth-order valence-corrected chi connectivity index (χ4v) is 3.37. The average molecular weight is 301 g/mol. The number of hydrogen-bond acceptors (Lipinski definition) is 1. The Bertz CT molecular complexity index is 706. The first-order valence-corrected chi connectivity index (χ1v) is 8.02. The maximum absolute atomic E-state index is 7.15. The molecule has 2 N–H and O–H groups in total. The Kier molecular flexibility index (Phi) is 4.06. The SMILES string of the molecule is CC(C)(c1ccccc1)C(N)(c1ccccc1)c1ccccc1. The zero-order valence-electron chi connectivity index (χ0n) is 13.7. The number of nitrogens with two attached hydrogens (primary N) is 1. The van der Waals surface area contributed by atoms with E-state index in [0.717, 1.165) is 11.1 Å². The fraction of sp³-hybridized carbons (Fsp3) is 0.182. The van der Waals surface area contributed by atoms with E-state index in [1.807, 2.05) is 18.2 Å².